The summed E-state index contributed by atoms with van der Waals surface area (Å²) in [5.41, 5.74) is 0.799. The van der Waals surface area contributed by atoms with E-state index in [1.165, 1.54) is 11.3 Å². The SMILES string of the molecule is Cc1nc(-c2cccs2)c(C(=O)O)n1C. The normalized spacial score (nSPS) is 10.5. The molecule has 0 aliphatic heterocycles. The van der Waals surface area contributed by atoms with Gasteiger partial charge in [0.25, 0.3) is 0 Å². The van der Waals surface area contributed by atoms with Crippen molar-refractivity contribution in [1.82, 2.24) is 9.55 Å². The first kappa shape index (κ1) is 9.92. The number of rotatable bonds is 2. The zero-order valence-corrected chi connectivity index (χ0v) is 9.21. The van der Waals surface area contributed by atoms with Gasteiger partial charge in [-0.1, -0.05) is 6.07 Å². The van der Waals surface area contributed by atoms with Crippen LogP contribution in [0.2, 0.25) is 0 Å². The Balaban J connectivity index is 2.67. The first-order chi connectivity index (χ1) is 7.11. The Kier molecular flexibility index (Phi) is 2.32. The summed E-state index contributed by atoms with van der Waals surface area (Å²) >= 11 is 1.49. The lowest BCUT2D eigenvalue weighted by Gasteiger charge is -1.98. The maximum Gasteiger partial charge on any atom is 0.354 e. The molecule has 0 amide bonds. The van der Waals surface area contributed by atoms with Crippen LogP contribution in [-0.4, -0.2) is 20.6 Å². The van der Waals surface area contributed by atoms with Gasteiger partial charge in [-0.15, -0.1) is 11.3 Å². The molecule has 0 fully saturated rings. The van der Waals surface area contributed by atoms with Crippen LogP contribution in [0.25, 0.3) is 10.6 Å². The molecule has 0 aromatic carbocycles. The molecule has 15 heavy (non-hydrogen) atoms. The summed E-state index contributed by atoms with van der Waals surface area (Å²) in [7, 11) is 1.71. The fourth-order valence-corrected chi connectivity index (χ4v) is 2.16. The van der Waals surface area contributed by atoms with Crippen molar-refractivity contribution in [3.05, 3.63) is 29.0 Å². The number of carboxylic acids is 1. The Morgan fingerprint density at radius 2 is 2.33 bits per heavy atom. The van der Waals surface area contributed by atoms with E-state index in [2.05, 4.69) is 4.98 Å². The molecule has 0 atom stereocenters. The van der Waals surface area contributed by atoms with Crippen molar-refractivity contribution < 1.29 is 9.90 Å². The Morgan fingerprint density at radius 1 is 1.60 bits per heavy atom. The lowest BCUT2D eigenvalue weighted by molar-refractivity contribution is 0.0687. The van der Waals surface area contributed by atoms with E-state index in [0.29, 0.717) is 11.5 Å². The molecule has 0 radical (unpaired) electrons. The summed E-state index contributed by atoms with van der Waals surface area (Å²) in [6, 6.07) is 3.76. The van der Waals surface area contributed by atoms with Gasteiger partial charge in [-0.2, -0.15) is 0 Å². The highest BCUT2D eigenvalue weighted by Gasteiger charge is 2.20. The highest BCUT2D eigenvalue weighted by molar-refractivity contribution is 7.13. The van der Waals surface area contributed by atoms with Crippen molar-refractivity contribution in [3.8, 4) is 10.6 Å². The number of imidazole rings is 1. The molecule has 78 valence electrons. The Morgan fingerprint density at radius 3 is 2.87 bits per heavy atom. The Hall–Kier alpha value is -1.62. The standard InChI is InChI=1S/C10H10N2O2S/c1-6-11-8(7-4-3-5-15-7)9(10(13)14)12(6)2/h3-5H,1-2H3,(H,13,14). The highest BCUT2D eigenvalue weighted by Crippen LogP contribution is 2.27. The van der Waals surface area contributed by atoms with Gasteiger partial charge in [0.15, 0.2) is 5.69 Å². The summed E-state index contributed by atoms with van der Waals surface area (Å²) in [6.45, 7) is 1.80. The molecule has 2 rings (SSSR count). The third kappa shape index (κ3) is 1.55. The molecular formula is C10H10N2O2S. The Bertz CT molecular complexity index is 500. The molecule has 5 heteroatoms. The number of carboxylic acid groups (broad SMARTS) is 1. The molecule has 0 unspecified atom stereocenters. The second kappa shape index (κ2) is 3.51. The van der Waals surface area contributed by atoms with Gasteiger partial charge in [0.2, 0.25) is 0 Å². The summed E-state index contributed by atoms with van der Waals surface area (Å²) in [5.74, 6) is -0.239. The number of aromatic nitrogens is 2. The van der Waals surface area contributed by atoms with Gasteiger partial charge in [0.05, 0.1) is 4.88 Å². The monoisotopic (exact) mass is 222 g/mol. The number of thiophene rings is 1. The van der Waals surface area contributed by atoms with E-state index in [-0.39, 0.29) is 5.69 Å². The summed E-state index contributed by atoms with van der Waals surface area (Å²) < 4.78 is 1.59. The van der Waals surface area contributed by atoms with Crippen molar-refractivity contribution in [2.75, 3.05) is 0 Å². The summed E-state index contributed by atoms with van der Waals surface area (Å²) in [6.07, 6.45) is 0. The largest absolute Gasteiger partial charge is 0.477 e. The molecule has 2 aromatic heterocycles. The third-order valence-corrected chi connectivity index (χ3v) is 3.15. The molecule has 0 spiro atoms. The minimum absolute atomic E-state index is 0.245. The van der Waals surface area contributed by atoms with Crippen molar-refractivity contribution in [2.45, 2.75) is 6.92 Å². The molecule has 0 bridgehead atoms. The second-order valence-electron chi connectivity index (χ2n) is 3.20. The Labute approximate surface area is 90.8 Å². The molecule has 0 saturated heterocycles. The van der Waals surface area contributed by atoms with Crippen molar-refractivity contribution >= 4 is 17.3 Å². The van der Waals surface area contributed by atoms with Gasteiger partial charge < -0.3 is 9.67 Å². The van der Waals surface area contributed by atoms with Gasteiger partial charge in [-0.05, 0) is 18.4 Å². The van der Waals surface area contributed by atoms with Crippen molar-refractivity contribution in [2.24, 2.45) is 7.05 Å². The van der Waals surface area contributed by atoms with E-state index in [1.54, 1.807) is 18.5 Å². The van der Waals surface area contributed by atoms with Crippen LogP contribution in [0.15, 0.2) is 17.5 Å². The van der Waals surface area contributed by atoms with Gasteiger partial charge in [0, 0.05) is 7.05 Å². The predicted octanol–water partition coefficient (Wildman–Crippen LogP) is 2.16. The number of nitrogens with zero attached hydrogens (tertiary/aromatic N) is 2. The molecule has 0 saturated carbocycles. The van der Waals surface area contributed by atoms with Crippen molar-refractivity contribution in [3.63, 3.8) is 0 Å². The zero-order valence-electron chi connectivity index (χ0n) is 8.39. The number of aryl methyl sites for hydroxylation is 1. The highest BCUT2D eigenvalue weighted by atomic mass is 32.1. The second-order valence-corrected chi connectivity index (χ2v) is 4.15. The summed E-state index contributed by atoms with van der Waals surface area (Å²) in [5, 5.41) is 11.0. The maximum absolute atomic E-state index is 11.1. The summed E-state index contributed by atoms with van der Waals surface area (Å²) in [4.78, 5) is 16.2. The van der Waals surface area contributed by atoms with Crippen LogP contribution in [0.3, 0.4) is 0 Å². The molecule has 4 nitrogen and oxygen atoms in total. The van der Waals surface area contributed by atoms with E-state index in [0.717, 1.165) is 4.88 Å². The number of hydrogen-bond donors (Lipinski definition) is 1. The van der Waals surface area contributed by atoms with E-state index in [1.807, 2.05) is 17.5 Å². The van der Waals surface area contributed by atoms with E-state index in [9.17, 15) is 4.79 Å². The molecule has 1 N–H and O–H groups in total. The first-order valence-corrected chi connectivity index (χ1v) is 5.29. The number of carbonyl (C=O) groups is 1. The molecule has 0 aliphatic rings. The van der Waals surface area contributed by atoms with E-state index < -0.39 is 5.97 Å². The quantitative estimate of drug-likeness (QED) is 0.847. The maximum atomic E-state index is 11.1. The van der Waals surface area contributed by atoms with Crippen LogP contribution in [-0.2, 0) is 7.05 Å². The zero-order chi connectivity index (χ0) is 11.0. The van der Waals surface area contributed by atoms with Gasteiger partial charge >= 0.3 is 5.97 Å². The van der Waals surface area contributed by atoms with E-state index in [4.69, 9.17) is 5.11 Å². The fourth-order valence-electron chi connectivity index (χ4n) is 1.44. The number of aromatic carboxylic acids is 1. The average Bonchev–Trinajstić information content (AvgIpc) is 2.75. The fraction of sp³-hybridized carbons (Fsp3) is 0.200. The van der Waals surface area contributed by atoms with Gasteiger partial charge in [-0.3, -0.25) is 0 Å². The van der Waals surface area contributed by atoms with Crippen LogP contribution < -0.4 is 0 Å². The molecule has 0 aliphatic carbocycles. The van der Waals surface area contributed by atoms with Crippen LogP contribution in [0, 0.1) is 6.92 Å². The third-order valence-electron chi connectivity index (χ3n) is 2.28. The molecular weight excluding hydrogens is 212 g/mol. The van der Waals surface area contributed by atoms with Crippen LogP contribution in [0.5, 0.6) is 0 Å². The van der Waals surface area contributed by atoms with Gasteiger partial charge in [0.1, 0.15) is 11.5 Å². The molecule has 2 heterocycles. The number of hydrogen-bond acceptors (Lipinski definition) is 3. The van der Waals surface area contributed by atoms with Crippen LogP contribution in [0.4, 0.5) is 0 Å². The lowest BCUT2D eigenvalue weighted by Crippen LogP contribution is -2.06. The topological polar surface area (TPSA) is 55.1 Å². The predicted molar refractivity (Wildman–Crippen MR) is 58.2 cm³/mol. The lowest BCUT2D eigenvalue weighted by atomic mass is 10.3. The molecule has 2 aromatic rings. The van der Waals surface area contributed by atoms with Crippen LogP contribution >= 0.6 is 11.3 Å². The van der Waals surface area contributed by atoms with Crippen LogP contribution in [0.1, 0.15) is 16.3 Å². The average molecular weight is 222 g/mol. The minimum Gasteiger partial charge on any atom is -0.477 e. The van der Waals surface area contributed by atoms with Crippen molar-refractivity contribution in [1.29, 1.82) is 0 Å². The van der Waals surface area contributed by atoms with Gasteiger partial charge in [-0.25, -0.2) is 9.78 Å². The minimum atomic E-state index is -0.943. The smallest absolute Gasteiger partial charge is 0.354 e. The van der Waals surface area contributed by atoms with E-state index >= 15 is 0 Å². The first-order valence-electron chi connectivity index (χ1n) is 4.41.